The van der Waals surface area contributed by atoms with Crippen molar-refractivity contribution in [2.75, 3.05) is 13.2 Å². The number of rotatable bonds is 4. The molecule has 2 aliphatic rings. The van der Waals surface area contributed by atoms with E-state index in [1.54, 1.807) is 11.2 Å². The van der Waals surface area contributed by atoms with Crippen LogP contribution in [0.4, 0.5) is 4.79 Å². The van der Waals surface area contributed by atoms with Gasteiger partial charge in [-0.25, -0.2) is 14.5 Å². The first-order valence-electron chi connectivity index (χ1n) is 8.91. The Morgan fingerprint density at radius 1 is 1.36 bits per heavy atom. The zero-order valence-electron chi connectivity index (χ0n) is 14.1. The zero-order valence-corrected chi connectivity index (χ0v) is 14.1. The van der Waals surface area contributed by atoms with Crippen molar-refractivity contribution in [2.45, 2.75) is 44.3 Å². The molecule has 0 radical (unpaired) electrons. The fourth-order valence-corrected chi connectivity index (χ4v) is 4.02. The van der Waals surface area contributed by atoms with Crippen molar-refractivity contribution in [3.8, 4) is 0 Å². The molecule has 0 saturated carbocycles. The number of nitrogens with zero attached hydrogens (tertiary/aromatic N) is 4. The number of carbonyl (C=O) groups is 1. The van der Waals surface area contributed by atoms with Gasteiger partial charge in [0.1, 0.15) is 12.2 Å². The molecule has 2 atom stereocenters. The van der Waals surface area contributed by atoms with Gasteiger partial charge in [-0.05, 0) is 36.8 Å². The Morgan fingerprint density at radius 2 is 2.24 bits per heavy atom. The zero-order chi connectivity index (χ0) is 17.2. The van der Waals surface area contributed by atoms with Crippen molar-refractivity contribution < 1.29 is 9.90 Å². The van der Waals surface area contributed by atoms with Crippen LogP contribution in [0.3, 0.4) is 0 Å². The highest BCUT2D eigenvalue weighted by atomic mass is 16.3. The van der Waals surface area contributed by atoms with Crippen LogP contribution in [0.2, 0.25) is 0 Å². The molecule has 2 unspecified atom stereocenters. The normalized spacial score (nSPS) is 21.5. The number of amides is 2. The van der Waals surface area contributed by atoms with Crippen LogP contribution in [0, 0.1) is 0 Å². The number of aryl methyl sites for hydroxylation is 2. The minimum absolute atomic E-state index is 0.0183. The third kappa shape index (κ3) is 3.00. The van der Waals surface area contributed by atoms with E-state index in [9.17, 15) is 9.90 Å². The fourth-order valence-electron chi connectivity index (χ4n) is 4.02. The lowest BCUT2D eigenvalue weighted by atomic mass is 10.1. The maximum atomic E-state index is 13.0. The van der Waals surface area contributed by atoms with Crippen molar-refractivity contribution in [1.82, 2.24) is 25.0 Å². The van der Waals surface area contributed by atoms with Crippen LogP contribution < -0.4 is 5.32 Å². The van der Waals surface area contributed by atoms with E-state index in [2.05, 4.69) is 27.5 Å². The van der Waals surface area contributed by atoms with Crippen LogP contribution in [-0.2, 0) is 13.0 Å². The van der Waals surface area contributed by atoms with E-state index in [0.717, 1.165) is 38.1 Å². The minimum atomic E-state index is -0.141. The summed E-state index contributed by atoms with van der Waals surface area (Å²) in [5.41, 5.74) is 2.48. The third-order valence-electron chi connectivity index (χ3n) is 5.20. The molecule has 0 bridgehead atoms. The van der Waals surface area contributed by atoms with E-state index in [4.69, 9.17) is 0 Å². The van der Waals surface area contributed by atoms with Crippen LogP contribution >= 0.6 is 0 Å². The van der Waals surface area contributed by atoms with Gasteiger partial charge in [-0.2, -0.15) is 5.10 Å². The number of aromatic nitrogens is 3. The smallest absolute Gasteiger partial charge is 0.318 e. The molecule has 2 N–H and O–H groups in total. The van der Waals surface area contributed by atoms with Gasteiger partial charge in [0.05, 0.1) is 18.7 Å². The van der Waals surface area contributed by atoms with Crippen molar-refractivity contribution in [2.24, 2.45) is 0 Å². The lowest BCUT2D eigenvalue weighted by Gasteiger charge is -2.32. The summed E-state index contributed by atoms with van der Waals surface area (Å²) in [4.78, 5) is 19.0. The van der Waals surface area contributed by atoms with Gasteiger partial charge >= 0.3 is 6.03 Å². The molecule has 0 spiro atoms. The Bertz CT molecular complexity index is 759. The Balaban J connectivity index is 1.53. The second-order valence-electron chi connectivity index (χ2n) is 6.66. The number of nitrogens with one attached hydrogen (secondary N) is 1. The Hall–Kier alpha value is -2.41. The van der Waals surface area contributed by atoms with Gasteiger partial charge in [-0.1, -0.05) is 24.3 Å². The maximum Gasteiger partial charge on any atom is 0.318 e. The van der Waals surface area contributed by atoms with E-state index in [1.165, 1.54) is 11.1 Å². The lowest BCUT2D eigenvalue weighted by molar-refractivity contribution is 0.146. The average molecular weight is 341 g/mol. The number of fused-ring (bicyclic) bond motifs is 2. The molecule has 0 saturated heterocycles. The highest BCUT2D eigenvalue weighted by Gasteiger charge is 2.32. The largest absolute Gasteiger partial charge is 0.395 e. The molecule has 2 amide bonds. The standard InChI is InChI=1S/C18H23N5O2/c24-11-10-22(16-8-7-13-4-1-2-5-14(13)16)18(25)21-15-6-3-9-23-17(15)19-12-20-23/h1-2,4-5,12,15-16,24H,3,6-11H2,(H,21,25). The van der Waals surface area contributed by atoms with Gasteiger partial charge in [0.15, 0.2) is 0 Å². The number of carbonyl (C=O) groups excluding carboxylic acids is 1. The van der Waals surface area contributed by atoms with Crippen molar-refractivity contribution in [1.29, 1.82) is 0 Å². The second-order valence-corrected chi connectivity index (χ2v) is 6.66. The van der Waals surface area contributed by atoms with Gasteiger partial charge < -0.3 is 15.3 Å². The van der Waals surface area contributed by atoms with E-state index >= 15 is 0 Å². The molecule has 7 heteroatoms. The van der Waals surface area contributed by atoms with Crippen LogP contribution in [0.5, 0.6) is 0 Å². The van der Waals surface area contributed by atoms with E-state index in [1.807, 2.05) is 16.8 Å². The quantitative estimate of drug-likeness (QED) is 0.888. The highest BCUT2D eigenvalue weighted by molar-refractivity contribution is 5.75. The second kappa shape index (κ2) is 6.84. The minimum Gasteiger partial charge on any atom is -0.395 e. The molecular formula is C18H23N5O2. The van der Waals surface area contributed by atoms with Crippen LogP contribution in [0.1, 0.15) is 48.3 Å². The van der Waals surface area contributed by atoms with Crippen LogP contribution in [0.25, 0.3) is 0 Å². The molecule has 0 fully saturated rings. The Kier molecular flexibility index (Phi) is 4.40. The summed E-state index contributed by atoms with van der Waals surface area (Å²) in [7, 11) is 0. The topological polar surface area (TPSA) is 83.3 Å². The van der Waals surface area contributed by atoms with Crippen molar-refractivity contribution in [3.63, 3.8) is 0 Å². The average Bonchev–Trinajstić information content (AvgIpc) is 3.27. The van der Waals surface area contributed by atoms with Gasteiger partial charge in [-0.15, -0.1) is 0 Å². The van der Waals surface area contributed by atoms with E-state index < -0.39 is 0 Å². The molecule has 2 aromatic rings. The maximum absolute atomic E-state index is 13.0. The lowest BCUT2D eigenvalue weighted by Crippen LogP contribution is -2.45. The van der Waals surface area contributed by atoms with Crippen LogP contribution in [0.15, 0.2) is 30.6 Å². The van der Waals surface area contributed by atoms with Gasteiger partial charge in [0, 0.05) is 13.1 Å². The summed E-state index contributed by atoms with van der Waals surface area (Å²) in [5.74, 6) is 0.815. The van der Waals surface area contributed by atoms with Crippen molar-refractivity contribution in [3.05, 3.63) is 47.5 Å². The first-order chi connectivity index (χ1) is 12.3. The number of benzene rings is 1. The number of aliphatic hydroxyl groups is 1. The van der Waals surface area contributed by atoms with Crippen LogP contribution in [-0.4, -0.2) is 44.0 Å². The van der Waals surface area contributed by atoms with E-state index in [-0.39, 0.29) is 24.7 Å². The van der Waals surface area contributed by atoms with Crippen molar-refractivity contribution >= 4 is 6.03 Å². The molecule has 1 aliphatic heterocycles. The van der Waals surface area contributed by atoms with Gasteiger partial charge in [0.25, 0.3) is 0 Å². The number of hydrogen-bond acceptors (Lipinski definition) is 4. The highest BCUT2D eigenvalue weighted by Crippen LogP contribution is 2.35. The third-order valence-corrected chi connectivity index (χ3v) is 5.20. The van der Waals surface area contributed by atoms with E-state index in [0.29, 0.717) is 6.54 Å². The molecule has 4 rings (SSSR count). The molecule has 132 valence electrons. The Morgan fingerprint density at radius 3 is 3.12 bits per heavy atom. The monoisotopic (exact) mass is 341 g/mol. The SMILES string of the molecule is O=C(NC1CCCn2ncnc21)N(CCO)C1CCc2ccccc21. The summed E-state index contributed by atoms with van der Waals surface area (Å²) in [5, 5.41) is 16.8. The summed E-state index contributed by atoms with van der Waals surface area (Å²) in [6.45, 7) is 1.12. The number of aliphatic hydroxyl groups excluding tert-OH is 1. The van der Waals surface area contributed by atoms with Gasteiger partial charge in [0.2, 0.25) is 0 Å². The van der Waals surface area contributed by atoms with Gasteiger partial charge in [-0.3, -0.25) is 0 Å². The molecule has 1 aliphatic carbocycles. The predicted molar refractivity (Wildman–Crippen MR) is 91.8 cm³/mol. The number of hydrogen-bond donors (Lipinski definition) is 2. The summed E-state index contributed by atoms with van der Waals surface area (Å²) < 4.78 is 1.86. The first-order valence-corrected chi connectivity index (χ1v) is 8.91. The summed E-state index contributed by atoms with van der Waals surface area (Å²) >= 11 is 0. The first kappa shape index (κ1) is 16.1. The molecule has 25 heavy (non-hydrogen) atoms. The molecule has 2 heterocycles. The fraction of sp³-hybridized carbons (Fsp3) is 0.500. The molecule has 1 aromatic carbocycles. The molecular weight excluding hydrogens is 318 g/mol. The summed E-state index contributed by atoms with van der Waals surface area (Å²) in [6, 6.07) is 8.00. The molecule has 1 aromatic heterocycles. The predicted octanol–water partition coefficient (Wildman–Crippen LogP) is 1.80. The molecule has 7 nitrogen and oxygen atoms in total. The Labute approximate surface area is 146 Å². The number of urea groups is 1. The summed E-state index contributed by atoms with van der Waals surface area (Å²) in [6.07, 6.45) is 5.23.